The Morgan fingerprint density at radius 3 is 2.88 bits per heavy atom. The van der Waals surface area contributed by atoms with Gasteiger partial charge in [0.05, 0.1) is 12.6 Å². The maximum absolute atomic E-state index is 9.41. The van der Waals surface area contributed by atoms with Gasteiger partial charge >= 0.3 is 0 Å². The van der Waals surface area contributed by atoms with Crippen molar-refractivity contribution in [2.75, 3.05) is 13.7 Å². The number of ether oxygens (including phenoxy) is 1. The Hall–Kier alpha value is -0.640. The zero-order valence-electron chi connectivity index (χ0n) is 5.05. The summed E-state index contributed by atoms with van der Waals surface area (Å²) in [5.41, 5.74) is 2.24. The fourth-order valence-corrected chi connectivity index (χ4v) is 0.249. The number of rotatable bonds is 4. The van der Waals surface area contributed by atoms with Crippen molar-refractivity contribution in [3.63, 3.8) is 0 Å². The van der Waals surface area contributed by atoms with E-state index in [4.69, 9.17) is 4.74 Å². The van der Waals surface area contributed by atoms with E-state index < -0.39 is 0 Å². The van der Waals surface area contributed by atoms with E-state index in [-0.39, 0.29) is 6.10 Å². The first-order valence-corrected chi connectivity index (χ1v) is 2.39. The van der Waals surface area contributed by atoms with Crippen molar-refractivity contribution in [2.24, 2.45) is 5.29 Å². The molecule has 0 fully saturated rings. The van der Waals surface area contributed by atoms with Crippen LogP contribution >= 0.6 is 0 Å². The van der Waals surface area contributed by atoms with E-state index in [1.54, 1.807) is 7.11 Å². The first-order valence-electron chi connectivity index (χ1n) is 2.39. The lowest BCUT2D eigenvalue weighted by atomic mass is 10.4. The molecule has 0 heterocycles. The SMILES string of the molecule is COC(C)CNN=O. The average molecular weight is 118 g/mol. The van der Waals surface area contributed by atoms with Gasteiger partial charge in [0, 0.05) is 12.4 Å². The van der Waals surface area contributed by atoms with E-state index in [9.17, 15) is 4.91 Å². The molecule has 0 radical (unpaired) electrons. The molecule has 0 amide bonds. The van der Waals surface area contributed by atoms with E-state index in [0.717, 1.165) is 0 Å². The highest BCUT2D eigenvalue weighted by molar-refractivity contribution is 4.48. The van der Waals surface area contributed by atoms with E-state index >= 15 is 0 Å². The second-order valence-corrected chi connectivity index (χ2v) is 1.50. The quantitative estimate of drug-likeness (QED) is 0.426. The van der Waals surface area contributed by atoms with Crippen LogP contribution in [0.2, 0.25) is 0 Å². The van der Waals surface area contributed by atoms with Gasteiger partial charge in [0.15, 0.2) is 0 Å². The number of methoxy groups -OCH3 is 1. The summed E-state index contributed by atoms with van der Waals surface area (Å²) < 4.78 is 4.79. The van der Waals surface area contributed by atoms with Crippen molar-refractivity contribution in [3.8, 4) is 0 Å². The second-order valence-electron chi connectivity index (χ2n) is 1.50. The van der Waals surface area contributed by atoms with Gasteiger partial charge in [-0.2, -0.15) is 0 Å². The summed E-state index contributed by atoms with van der Waals surface area (Å²) in [4.78, 5) is 9.41. The Morgan fingerprint density at radius 1 is 1.88 bits per heavy atom. The molecule has 0 aromatic rings. The molecule has 48 valence electrons. The van der Waals surface area contributed by atoms with Gasteiger partial charge in [-0.15, -0.1) is 4.91 Å². The highest BCUT2D eigenvalue weighted by atomic mass is 16.5. The number of hydrogen-bond acceptors (Lipinski definition) is 3. The minimum atomic E-state index is 0.0488. The topological polar surface area (TPSA) is 50.7 Å². The molecule has 0 saturated carbocycles. The molecule has 1 unspecified atom stereocenters. The minimum Gasteiger partial charge on any atom is -0.380 e. The van der Waals surface area contributed by atoms with Crippen LogP contribution in [0.3, 0.4) is 0 Å². The van der Waals surface area contributed by atoms with Gasteiger partial charge in [0.2, 0.25) is 0 Å². The van der Waals surface area contributed by atoms with Gasteiger partial charge in [-0.3, -0.25) is 5.43 Å². The highest BCUT2D eigenvalue weighted by Crippen LogP contribution is 1.81. The van der Waals surface area contributed by atoms with Crippen LogP contribution in [0.25, 0.3) is 0 Å². The number of nitroso groups, excluding NO2 is 1. The summed E-state index contributed by atoms with van der Waals surface area (Å²) in [7, 11) is 1.58. The van der Waals surface area contributed by atoms with Crippen LogP contribution in [0, 0.1) is 4.91 Å². The lowest BCUT2D eigenvalue weighted by Crippen LogP contribution is -2.21. The Bertz CT molecular complexity index is 67.1. The van der Waals surface area contributed by atoms with Crippen LogP contribution in [0.5, 0.6) is 0 Å². The Labute approximate surface area is 48.2 Å². The molecular formula is C4H10N2O2. The van der Waals surface area contributed by atoms with E-state index in [0.29, 0.717) is 6.54 Å². The second kappa shape index (κ2) is 4.52. The molecule has 1 N–H and O–H groups in total. The largest absolute Gasteiger partial charge is 0.380 e. The summed E-state index contributed by atoms with van der Waals surface area (Å²) in [6.45, 7) is 2.32. The predicted octanol–water partition coefficient (Wildman–Crippen LogP) is 0.292. The molecule has 0 aliphatic rings. The van der Waals surface area contributed by atoms with Crippen molar-refractivity contribution in [3.05, 3.63) is 4.91 Å². The molecule has 0 bridgehead atoms. The lowest BCUT2D eigenvalue weighted by molar-refractivity contribution is 0.117. The number of hydrogen-bond donors (Lipinski definition) is 1. The van der Waals surface area contributed by atoms with Gasteiger partial charge in [0.25, 0.3) is 0 Å². The van der Waals surface area contributed by atoms with Crippen LogP contribution in [0.4, 0.5) is 0 Å². The summed E-state index contributed by atoms with van der Waals surface area (Å²) in [6.07, 6.45) is 0.0488. The molecule has 0 aromatic heterocycles. The first-order chi connectivity index (χ1) is 3.81. The molecule has 0 aliphatic carbocycles. The summed E-state index contributed by atoms with van der Waals surface area (Å²) in [5.74, 6) is 0. The maximum Gasteiger partial charge on any atom is 0.0733 e. The van der Waals surface area contributed by atoms with Gasteiger partial charge in [0.1, 0.15) is 0 Å². The van der Waals surface area contributed by atoms with Crippen molar-refractivity contribution in [2.45, 2.75) is 13.0 Å². The van der Waals surface area contributed by atoms with Crippen LogP contribution in [-0.2, 0) is 4.74 Å². The number of nitrogens with zero attached hydrogens (tertiary/aromatic N) is 1. The zero-order chi connectivity index (χ0) is 6.41. The monoisotopic (exact) mass is 118 g/mol. The van der Waals surface area contributed by atoms with E-state index in [1.807, 2.05) is 6.92 Å². The Morgan fingerprint density at radius 2 is 2.50 bits per heavy atom. The van der Waals surface area contributed by atoms with Crippen molar-refractivity contribution in [1.82, 2.24) is 5.43 Å². The fraction of sp³-hybridized carbons (Fsp3) is 1.00. The molecule has 0 spiro atoms. The zero-order valence-corrected chi connectivity index (χ0v) is 5.05. The molecule has 0 saturated heterocycles. The minimum absolute atomic E-state index is 0.0488. The highest BCUT2D eigenvalue weighted by Gasteiger charge is 1.94. The van der Waals surface area contributed by atoms with E-state index in [1.165, 1.54) is 0 Å². The van der Waals surface area contributed by atoms with Gasteiger partial charge in [-0.1, -0.05) is 0 Å². The molecule has 4 nitrogen and oxygen atoms in total. The van der Waals surface area contributed by atoms with Crippen LogP contribution in [-0.4, -0.2) is 19.8 Å². The normalized spacial score (nSPS) is 12.8. The standard InChI is InChI=1S/C4H10N2O2/c1-4(8-2)3-5-6-7/h4H,3H2,1-2H3,(H,5,7). The first kappa shape index (κ1) is 7.36. The Kier molecular flexibility index (Phi) is 4.16. The summed E-state index contributed by atoms with van der Waals surface area (Å²) in [6, 6.07) is 0. The van der Waals surface area contributed by atoms with Gasteiger partial charge in [-0.25, -0.2) is 0 Å². The third kappa shape index (κ3) is 3.55. The smallest absolute Gasteiger partial charge is 0.0733 e. The third-order valence-corrected chi connectivity index (χ3v) is 0.846. The summed E-state index contributed by atoms with van der Waals surface area (Å²) in [5, 5.41) is 2.44. The van der Waals surface area contributed by atoms with E-state index in [2.05, 4.69) is 10.7 Å². The van der Waals surface area contributed by atoms with Gasteiger partial charge < -0.3 is 4.74 Å². The average Bonchev–Trinajstić information content (AvgIpc) is 1.83. The molecule has 4 heteroatoms. The maximum atomic E-state index is 9.41. The van der Waals surface area contributed by atoms with Crippen molar-refractivity contribution in [1.29, 1.82) is 0 Å². The predicted molar refractivity (Wildman–Crippen MR) is 30.3 cm³/mol. The molecule has 1 atom stereocenters. The van der Waals surface area contributed by atoms with Crippen molar-refractivity contribution >= 4 is 0 Å². The van der Waals surface area contributed by atoms with Crippen LogP contribution in [0.1, 0.15) is 6.92 Å². The Balaban J connectivity index is 2.97. The molecular weight excluding hydrogens is 108 g/mol. The van der Waals surface area contributed by atoms with Crippen LogP contribution in [0.15, 0.2) is 5.29 Å². The molecule has 0 rings (SSSR count). The molecule has 8 heavy (non-hydrogen) atoms. The van der Waals surface area contributed by atoms with Crippen LogP contribution < -0.4 is 5.43 Å². The molecule has 0 aromatic carbocycles. The summed E-state index contributed by atoms with van der Waals surface area (Å²) >= 11 is 0. The lowest BCUT2D eigenvalue weighted by Gasteiger charge is -2.04. The molecule has 0 aliphatic heterocycles. The fourth-order valence-electron chi connectivity index (χ4n) is 0.249. The van der Waals surface area contributed by atoms with Gasteiger partial charge in [-0.05, 0) is 6.92 Å². The third-order valence-electron chi connectivity index (χ3n) is 0.846. The van der Waals surface area contributed by atoms with Crippen molar-refractivity contribution < 1.29 is 4.74 Å². The number of nitrogens with one attached hydrogen (secondary N) is 1.